The van der Waals surface area contributed by atoms with Gasteiger partial charge < -0.3 is 31.7 Å². The average Bonchev–Trinajstić information content (AvgIpc) is 3.90. The van der Waals surface area contributed by atoms with Gasteiger partial charge in [0.2, 0.25) is 17.6 Å². The van der Waals surface area contributed by atoms with Crippen LogP contribution in [-0.2, 0) is 25.6 Å². The van der Waals surface area contributed by atoms with Crippen LogP contribution in [0, 0.1) is 22.7 Å². The van der Waals surface area contributed by atoms with Gasteiger partial charge in [-0.05, 0) is 79.4 Å². The van der Waals surface area contributed by atoms with Crippen LogP contribution in [0.3, 0.4) is 0 Å². The van der Waals surface area contributed by atoms with Crippen molar-refractivity contribution >= 4 is 29.5 Å². The zero-order chi connectivity index (χ0) is 34.7. The number of amides is 5. The van der Waals surface area contributed by atoms with Crippen molar-refractivity contribution in [2.45, 2.75) is 129 Å². The van der Waals surface area contributed by atoms with Crippen LogP contribution in [0.1, 0.15) is 105 Å². The molecular formula is C36H55N5O6. The van der Waals surface area contributed by atoms with E-state index in [1.54, 1.807) is 25.1 Å². The number of nitrogens with two attached hydrogens (primary N) is 1. The molecule has 4 rings (SSSR count). The Morgan fingerprint density at radius 3 is 2.21 bits per heavy atom. The molecule has 1 unspecified atom stereocenters. The maximum absolute atomic E-state index is 14.5. The lowest BCUT2D eigenvalue weighted by Gasteiger charge is -2.41. The summed E-state index contributed by atoms with van der Waals surface area (Å²) < 4.78 is 0. The lowest BCUT2D eigenvalue weighted by atomic mass is 9.77. The largest absolute Gasteiger partial charge is 0.508 e. The number of carbonyl (C=O) groups is 5. The summed E-state index contributed by atoms with van der Waals surface area (Å²) in [4.78, 5) is 67.8. The zero-order valence-corrected chi connectivity index (χ0v) is 29.0. The third kappa shape index (κ3) is 9.70. The minimum absolute atomic E-state index is 0.00639. The van der Waals surface area contributed by atoms with Gasteiger partial charge in [0.05, 0.1) is 6.04 Å². The number of nitrogens with zero attached hydrogens (tertiary/aromatic N) is 1. The quantitative estimate of drug-likeness (QED) is 0.190. The molecule has 3 aliphatic rings. The number of carbonyl (C=O) groups excluding carboxylic acids is 5. The molecule has 4 atom stereocenters. The van der Waals surface area contributed by atoms with Gasteiger partial charge in [-0.1, -0.05) is 78.9 Å². The summed E-state index contributed by atoms with van der Waals surface area (Å²) in [6.07, 6.45) is 8.16. The molecule has 0 spiro atoms. The van der Waals surface area contributed by atoms with Crippen LogP contribution >= 0.6 is 0 Å². The smallest absolute Gasteiger partial charge is 0.315 e. The van der Waals surface area contributed by atoms with E-state index in [0.29, 0.717) is 19.4 Å². The van der Waals surface area contributed by atoms with Gasteiger partial charge >= 0.3 is 6.03 Å². The summed E-state index contributed by atoms with van der Waals surface area (Å²) in [6, 6.07) is 3.64. The van der Waals surface area contributed by atoms with Gasteiger partial charge in [-0.3, -0.25) is 19.2 Å². The van der Waals surface area contributed by atoms with E-state index >= 15 is 0 Å². The number of nitrogens with one attached hydrogen (secondary N) is 3. The van der Waals surface area contributed by atoms with Crippen molar-refractivity contribution < 1.29 is 29.1 Å². The number of rotatable bonds is 14. The first kappa shape index (κ1) is 36.2. The molecule has 260 valence electrons. The van der Waals surface area contributed by atoms with Crippen LogP contribution in [0.15, 0.2) is 24.3 Å². The van der Waals surface area contributed by atoms with Gasteiger partial charge in [-0.15, -0.1) is 0 Å². The summed E-state index contributed by atoms with van der Waals surface area (Å²) in [5.74, 6) is -2.28. The van der Waals surface area contributed by atoms with E-state index in [0.717, 1.165) is 56.9 Å². The Labute approximate surface area is 279 Å². The van der Waals surface area contributed by atoms with E-state index in [1.807, 2.05) is 26.8 Å². The fourth-order valence-electron chi connectivity index (χ4n) is 6.94. The fourth-order valence-corrected chi connectivity index (χ4v) is 6.94. The first-order chi connectivity index (χ1) is 21.9. The number of phenolic OH excluding ortho intramolecular Hbond substituents is 1. The summed E-state index contributed by atoms with van der Waals surface area (Å²) in [7, 11) is 0. The summed E-state index contributed by atoms with van der Waals surface area (Å²) in [6.45, 7) is 11.8. The molecule has 11 nitrogen and oxygen atoms in total. The second-order valence-electron chi connectivity index (χ2n) is 16.1. The monoisotopic (exact) mass is 653 g/mol. The Hall–Kier alpha value is -3.63. The number of benzene rings is 1. The number of primary amides is 1. The second-order valence-corrected chi connectivity index (χ2v) is 16.1. The topological polar surface area (TPSA) is 171 Å². The van der Waals surface area contributed by atoms with Crippen molar-refractivity contribution in [3.63, 3.8) is 0 Å². The summed E-state index contributed by atoms with van der Waals surface area (Å²) in [5, 5.41) is 19.0. The van der Waals surface area contributed by atoms with Crippen LogP contribution in [-0.4, -0.2) is 69.8 Å². The molecule has 3 fully saturated rings. The molecule has 0 saturated heterocycles. The van der Waals surface area contributed by atoms with Gasteiger partial charge in [-0.2, -0.15) is 0 Å². The first-order valence-electron chi connectivity index (χ1n) is 17.2. The molecule has 47 heavy (non-hydrogen) atoms. The average molecular weight is 654 g/mol. The molecule has 6 N–H and O–H groups in total. The Kier molecular flexibility index (Phi) is 11.0. The molecule has 0 radical (unpaired) electrons. The highest BCUT2D eigenvalue weighted by molar-refractivity contribution is 6.37. The molecule has 3 saturated carbocycles. The molecule has 3 aliphatic carbocycles. The zero-order valence-electron chi connectivity index (χ0n) is 29.0. The van der Waals surface area contributed by atoms with Crippen LogP contribution in [0.4, 0.5) is 4.79 Å². The number of Topliss-reactive ketones (excluding diaryl/α,β-unsaturated/α-hetero) is 1. The van der Waals surface area contributed by atoms with E-state index in [4.69, 9.17) is 5.73 Å². The van der Waals surface area contributed by atoms with E-state index in [2.05, 4.69) is 29.8 Å². The highest BCUT2D eigenvalue weighted by atomic mass is 16.3. The third-order valence-corrected chi connectivity index (χ3v) is 10.4. The SMILES string of the molecule is C[C@@H](C(=O)NC(CC1CC1)C(=O)C(N)=O)N(C[C@H]1CC1(C)C)C(=O)[C@@H](NC(=O)NC1(Cc2cccc(O)c2)CCCCC1)C(C)(C)C. The third-order valence-electron chi connectivity index (χ3n) is 10.4. The Morgan fingerprint density at radius 1 is 1.04 bits per heavy atom. The van der Waals surface area contributed by atoms with Crippen molar-refractivity contribution in [2.24, 2.45) is 28.4 Å². The van der Waals surface area contributed by atoms with E-state index in [1.165, 1.54) is 4.90 Å². The predicted molar refractivity (Wildman–Crippen MR) is 179 cm³/mol. The minimum atomic E-state index is -1.10. The van der Waals surface area contributed by atoms with Gasteiger partial charge in [0.1, 0.15) is 17.8 Å². The Bertz CT molecular complexity index is 1340. The molecular weight excluding hydrogens is 598 g/mol. The molecule has 0 aliphatic heterocycles. The van der Waals surface area contributed by atoms with Gasteiger partial charge in [0, 0.05) is 12.1 Å². The van der Waals surface area contributed by atoms with Crippen molar-refractivity contribution in [3.8, 4) is 5.75 Å². The van der Waals surface area contributed by atoms with Gasteiger partial charge in [0.15, 0.2) is 0 Å². The van der Waals surface area contributed by atoms with Crippen molar-refractivity contribution in [2.75, 3.05) is 6.54 Å². The van der Waals surface area contributed by atoms with Gasteiger partial charge in [0.25, 0.3) is 5.91 Å². The summed E-state index contributed by atoms with van der Waals surface area (Å²) >= 11 is 0. The van der Waals surface area contributed by atoms with Crippen LogP contribution < -0.4 is 21.7 Å². The van der Waals surface area contributed by atoms with Crippen molar-refractivity contribution in [1.82, 2.24) is 20.9 Å². The number of urea groups is 1. The fraction of sp³-hybridized carbons (Fsp3) is 0.694. The molecule has 1 aromatic carbocycles. The normalized spacial score (nSPS) is 21.8. The number of aromatic hydroxyl groups is 1. The molecule has 0 heterocycles. The van der Waals surface area contributed by atoms with Crippen molar-refractivity contribution in [3.05, 3.63) is 29.8 Å². The van der Waals surface area contributed by atoms with Crippen LogP contribution in [0.5, 0.6) is 5.75 Å². The van der Waals surface area contributed by atoms with E-state index in [9.17, 15) is 29.1 Å². The molecule has 11 heteroatoms. The van der Waals surface area contributed by atoms with E-state index < -0.39 is 52.7 Å². The second kappa shape index (κ2) is 14.2. The number of hydrogen-bond acceptors (Lipinski definition) is 6. The minimum Gasteiger partial charge on any atom is -0.508 e. The van der Waals surface area contributed by atoms with Gasteiger partial charge in [-0.25, -0.2) is 4.79 Å². The number of ketones is 1. The number of hydrogen-bond donors (Lipinski definition) is 5. The van der Waals surface area contributed by atoms with Crippen LogP contribution in [0.2, 0.25) is 0 Å². The number of phenols is 1. The first-order valence-corrected chi connectivity index (χ1v) is 17.2. The Balaban J connectivity index is 1.54. The van der Waals surface area contributed by atoms with E-state index in [-0.39, 0.29) is 28.9 Å². The summed E-state index contributed by atoms with van der Waals surface area (Å²) in [5.41, 5.74) is 4.98. The molecule has 0 aromatic heterocycles. The predicted octanol–water partition coefficient (Wildman–Crippen LogP) is 3.95. The molecule has 5 amide bonds. The lowest BCUT2D eigenvalue weighted by molar-refractivity contribution is -0.145. The standard InChI is InChI=1S/C36H55N5O6/c1-22(31(45)38-27(18-23-13-14-23)28(43)30(37)44)41(21-25-20-35(25,5)6)32(46)29(34(2,3)4)39-33(47)40-36(15-8-7-9-16-36)19-24-11-10-12-26(42)17-24/h10-12,17,22-23,25,27,29,42H,7-9,13-16,18-21H2,1-6H3,(H2,37,44)(H,38,45)(H2,39,40,47)/t22-,25+,27?,29+/m0/s1. The highest BCUT2D eigenvalue weighted by Crippen LogP contribution is 2.52. The highest BCUT2D eigenvalue weighted by Gasteiger charge is 2.49. The van der Waals surface area contributed by atoms with Crippen molar-refractivity contribution in [1.29, 1.82) is 0 Å². The maximum atomic E-state index is 14.5. The van der Waals surface area contributed by atoms with Crippen LogP contribution in [0.25, 0.3) is 0 Å². The molecule has 1 aromatic rings. The lowest BCUT2D eigenvalue weighted by Crippen LogP contribution is -2.63. The molecule has 0 bridgehead atoms. The Morgan fingerprint density at radius 2 is 1.68 bits per heavy atom. The maximum Gasteiger partial charge on any atom is 0.315 e.